The van der Waals surface area contributed by atoms with Gasteiger partial charge in [0.05, 0.1) is 0 Å². The van der Waals surface area contributed by atoms with Crippen molar-refractivity contribution in [1.29, 1.82) is 0 Å². The molecule has 1 aromatic rings. The van der Waals surface area contributed by atoms with E-state index < -0.39 is 0 Å². The first kappa shape index (κ1) is 12.2. The van der Waals surface area contributed by atoms with Gasteiger partial charge in [-0.2, -0.15) is 0 Å². The molecule has 0 fully saturated rings. The number of hydrogen-bond acceptors (Lipinski definition) is 2. The maximum absolute atomic E-state index is 10.6. The first-order valence-corrected chi connectivity index (χ1v) is 4.03. The summed E-state index contributed by atoms with van der Waals surface area (Å²) in [6.45, 7) is 1.71. The van der Waals surface area contributed by atoms with E-state index in [1.165, 1.54) is 0 Å². The number of nitrogens with two attached hydrogens (primary N) is 1. The Balaban J connectivity index is 0.000000364. The number of rotatable bonds is 1. The first-order chi connectivity index (χ1) is 6.63. The van der Waals surface area contributed by atoms with E-state index in [1.54, 1.807) is 12.1 Å². The first-order valence-electron chi connectivity index (χ1n) is 4.03. The quantitative estimate of drug-likeness (QED) is 0.642. The Morgan fingerprint density at radius 2 is 2.07 bits per heavy atom. The summed E-state index contributed by atoms with van der Waals surface area (Å²) >= 11 is 0. The van der Waals surface area contributed by atoms with Crippen LogP contribution in [-0.2, 0) is 0 Å². The van der Waals surface area contributed by atoms with Crippen LogP contribution in [0.2, 0.25) is 0 Å². The van der Waals surface area contributed by atoms with E-state index in [0.717, 1.165) is 5.56 Å². The molecule has 0 unspecified atom stereocenters. The molecule has 3 N–H and O–H groups in total. The summed E-state index contributed by atoms with van der Waals surface area (Å²) in [5.41, 5.74) is 6.60. The lowest BCUT2D eigenvalue weighted by Gasteiger charge is -1.97. The van der Waals surface area contributed by atoms with Crippen LogP contribution in [-0.4, -0.2) is 17.6 Å². The average Bonchev–Trinajstić information content (AvgIpc) is 2.18. The third kappa shape index (κ3) is 4.29. The van der Waals surface area contributed by atoms with Crippen molar-refractivity contribution in [3.05, 3.63) is 35.4 Å². The number of amides is 1. The molecule has 0 aliphatic heterocycles. The van der Waals surface area contributed by atoms with E-state index in [9.17, 15) is 4.79 Å². The Morgan fingerprint density at radius 1 is 1.57 bits per heavy atom. The maximum Gasteiger partial charge on any atom is 0.248 e. The highest BCUT2D eigenvalue weighted by Crippen LogP contribution is 2.04. The van der Waals surface area contributed by atoms with E-state index >= 15 is 0 Å². The second-order valence-corrected chi connectivity index (χ2v) is 2.54. The van der Waals surface area contributed by atoms with E-state index in [1.807, 2.05) is 25.0 Å². The van der Waals surface area contributed by atoms with Gasteiger partial charge in [-0.15, -0.1) is 6.42 Å². The van der Waals surface area contributed by atoms with Crippen LogP contribution in [0.1, 0.15) is 15.9 Å². The molecule has 14 heavy (non-hydrogen) atoms. The Hall–Kier alpha value is -1.79. The Bertz CT molecular complexity index is 339. The minimum atomic E-state index is -0.363. The lowest BCUT2D eigenvalue weighted by molar-refractivity contribution is 0.0999. The minimum absolute atomic E-state index is 0.153. The predicted octanol–water partition coefficient (Wildman–Crippen LogP) is 0.706. The zero-order valence-corrected chi connectivity index (χ0v) is 8.03. The Morgan fingerprint density at radius 3 is 2.36 bits per heavy atom. The van der Waals surface area contributed by atoms with Crippen LogP contribution in [0.25, 0.3) is 0 Å². The van der Waals surface area contributed by atoms with Crippen LogP contribution in [0.4, 0.5) is 0 Å². The highest BCUT2D eigenvalue weighted by Gasteiger charge is 2.00. The van der Waals surface area contributed by atoms with Gasteiger partial charge in [0.15, 0.2) is 0 Å². The second kappa shape index (κ2) is 6.70. The number of carbonyl (C=O) groups excluding carboxylic acids is 1. The van der Waals surface area contributed by atoms with Gasteiger partial charge in [0.2, 0.25) is 5.91 Å². The van der Waals surface area contributed by atoms with Gasteiger partial charge in [0, 0.05) is 5.56 Å². The van der Waals surface area contributed by atoms with Gasteiger partial charge in [-0.1, -0.05) is 24.1 Å². The van der Waals surface area contributed by atoms with Crippen molar-refractivity contribution in [1.82, 2.24) is 0 Å². The third-order valence-corrected chi connectivity index (χ3v) is 1.50. The lowest BCUT2D eigenvalue weighted by atomic mass is 10.1. The van der Waals surface area contributed by atoms with Crippen molar-refractivity contribution < 1.29 is 9.90 Å². The molecular formula is C11H13NO2. The highest BCUT2D eigenvalue weighted by molar-refractivity contribution is 5.94. The maximum atomic E-state index is 10.6. The van der Waals surface area contributed by atoms with Gasteiger partial charge in [0.1, 0.15) is 6.61 Å². The number of carbonyl (C=O) groups is 1. The zero-order valence-electron chi connectivity index (χ0n) is 8.03. The van der Waals surface area contributed by atoms with Crippen LogP contribution in [0.15, 0.2) is 24.3 Å². The van der Waals surface area contributed by atoms with Crippen molar-refractivity contribution >= 4 is 5.91 Å². The summed E-state index contributed by atoms with van der Waals surface area (Å²) in [4.78, 5) is 10.6. The molecule has 0 aliphatic carbocycles. The molecule has 1 rings (SSSR count). The largest absolute Gasteiger partial charge is 0.384 e. The minimum Gasteiger partial charge on any atom is -0.384 e. The number of primary amides is 1. The number of terminal acetylenes is 1. The summed E-state index contributed by atoms with van der Waals surface area (Å²) in [5, 5.41) is 7.64. The topological polar surface area (TPSA) is 63.3 Å². The molecule has 0 atom stereocenters. The van der Waals surface area contributed by atoms with Gasteiger partial charge in [-0.05, 0) is 18.6 Å². The summed E-state index contributed by atoms with van der Waals surface area (Å²) in [6, 6.07) is 7.26. The summed E-state index contributed by atoms with van der Waals surface area (Å²) in [7, 11) is 0. The Labute approximate surface area is 83.6 Å². The SMILES string of the molecule is C#CCO.Cc1ccccc1C(N)=O. The van der Waals surface area contributed by atoms with Crippen molar-refractivity contribution in [2.24, 2.45) is 5.73 Å². The number of benzene rings is 1. The van der Waals surface area contributed by atoms with Crippen molar-refractivity contribution in [3.63, 3.8) is 0 Å². The van der Waals surface area contributed by atoms with E-state index in [0.29, 0.717) is 5.56 Å². The normalized spacial score (nSPS) is 8.07. The molecular weight excluding hydrogens is 178 g/mol. The van der Waals surface area contributed by atoms with Crippen molar-refractivity contribution in [2.45, 2.75) is 6.92 Å². The summed E-state index contributed by atoms with van der Waals surface area (Å²) < 4.78 is 0. The van der Waals surface area contributed by atoms with E-state index in [4.69, 9.17) is 10.8 Å². The van der Waals surface area contributed by atoms with Gasteiger partial charge in [0.25, 0.3) is 0 Å². The smallest absolute Gasteiger partial charge is 0.248 e. The zero-order chi connectivity index (χ0) is 11.0. The second-order valence-electron chi connectivity index (χ2n) is 2.54. The molecule has 0 bridgehead atoms. The molecule has 0 heterocycles. The standard InChI is InChI=1S/C8H9NO.C3H4O/c1-6-4-2-3-5-7(6)8(9)10;1-2-3-4/h2-5H,1H3,(H2,9,10);1,4H,3H2. The molecule has 1 amide bonds. The fraction of sp³-hybridized carbons (Fsp3) is 0.182. The third-order valence-electron chi connectivity index (χ3n) is 1.50. The summed E-state index contributed by atoms with van der Waals surface area (Å²) in [6.07, 6.45) is 4.53. The van der Waals surface area contributed by atoms with Gasteiger partial charge in [-0.25, -0.2) is 0 Å². The van der Waals surface area contributed by atoms with Crippen LogP contribution in [0.5, 0.6) is 0 Å². The van der Waals surface area contributed by atoms with Crippen LogP contribution < -0.4 is 5.73 Å². The number of aliphatic hydroxyl groups is 1. The Kier molecular flexibility index (Phi) is 5.84. The van der Waals surface area contributed by atoms with E-state index in [2.05, 4.69) is 6.42 Å². The molecule has 3 heteroatoms. The van der Waals surface area contributed by atoms with Gasteiger partial charge in [-0.3, -0.25) is 4.79 Å². The predicted molar refractivity (Wildman–Crippen MR) is 55.6 cm³/mol. The molecule has 0 aromatic heterocycles. The fourth-order valence-electron chi connectivity index (χ4n) is 0.849. The van der Waals surface area contributed by atoms with Crippen LogP contribution in [0, 0.1) is 19.3 Å². The molecule has 3 nitrogen and oxygen atoms in total. The molecule has 0 saturated heterocycles. The molecule has 0 spiro atoms. The molecule has 0 saturated carbocycles. The lowest BCUT2D eigenvalue weighted by Crippen LogP contribution is -2.12. The molecule has 1 aromatic carbocycles. The van der Waals surface area contributed by atoms with Gasteiger partial charge >= 0.3 is 0 Å². The molecule has 0 aliphatic rings. The highest BCUT2D eigenvalue weighted by atomic mass is 16.2. The monoisotopic (exact) mass is 191 g/mol. The molecule has 0 radical (unpaired) electrons. The van der Waals surface area contributed by atoms with Crippen LogP contribution in [0.3, 0.4) is 0 Å². The van der Waals surface area contributed by atoms with Crippen LogP contribution >= 0.6 is 0 Å². The average molecular weight is 191 g/mol. The number of aliphatic hydroxyl groups excluding tert-OH is 1. The van der Waals surface area contributed by atoms with E-state index in [-0.39, 0.29) is 12.5 Å². The van der Waals surface area contributed by atoms with Crippen molar-refractivity contribution in [3.8, 4) is 12.3 Å². The summed E-state index contributed by atoms with van der Waals surface area (Å²) in [5.74, 6) is 1.62. The number of aryl methyl sites for hydroxylation is 1. The molecule has 74 valence electrons. The van der Waals surface area contributed by atoms with Gasteiger partial charge < -0.3 is 10.8 Å². The van der Waals surface area contributed by atoms with Crippen molar-refractivity contribution in [2.75, 3.05) is 6.61 Å². The number of hydrogen-bond donors (Lipinski definition) is 2. The fourth-order valence-corrected chi connectivity index (χ4v) is 0.849.